The molecule has 1 fully saturated rings. The Balaban J connectivity index is 2.07. The van der Waals surface area contributed by atoms with Crippen LogP contribution in [-0.4, -0.2) is 17.3 Å². The van der Waals surface area contributed by atoms with Crippen molar-refractivity contribution in [1.82, 2.24) is 0 Å². The van der Waals surface area contributed by atoms with Crippen LogP contribution in [0, 0.1) is 5.82 Å². The highest BCUT2D eigenvalue weighted by atomic mass is 35.5. The van der Waals surface area contributed by atoms with Gasteiger partial charge in [-0.1, -0.05) is 24.4 Å². The van der Waals surface area contributed by atoms with E-state index in [1.54, 1.807) is 6.07 Å². The highest BCUT2D eigenvalue weighted by molar-refractivity contribution is 6.30. The summed E-state index contributed by atoms with van der Waals surface area (Å²) in [6, 6.07) is 4.34. The number of nitrogens with one attached hydrogen (secondary N) is 1. The molecular weight excluding hydrogens is 229 g/mol. The van der Waals surface area contributed by atoms with E-state index >= 15 is 0 Å². The Labute approximate surface area is 99.4 Å². The number of aliphatic hydroxyl groups is 1. The monoisotopic (exact) mass is 243 g/mol. The van der Waals surface area contributed by atoms with Crippen molar-refractivity contribution in [2.45, 2.75) is 37.8 Å². The summed E-state index contributed by atoms with van der Waals surface area (Å²) in [6.07, 6.45) is 3.52. The molecule has 0 bridgehead atoms. The van der Waals surface area contributed by atoms with E-state index in [9.17, 15) is 9.50 Å². The summed E-state index contributed by atoms with van der Waals surface area (Å²) in [6.45, 7) is 0. The fourth-order valence-electron chi connectivity index (χ4n) is 2.13. The molecule has 1 saturated carbocycles. The van der Waals surface area contributed by atoms with Gasteiger partial charge in [0.15, 0.2) is 0 Å². The van der Waals surface area contributed by atoms with Crippen LogP contribution in [0.3, 0.4) is 0 Å². The van der Waals surface area contributed by atoms with Crippen LogP contribution in [0.1, 0.15) is 25.7 Å². The lowest BCUT2D eigenvalue weighted by atomic mass is 9.92. The summed E-state index contributed by atoms with van der Waals surface area (Å²) in [4.78, 5) is 0. The Morgan fingerprint density at radius 1 is 1.25 bits per heavy atom. The molecule has 88 valence electrons. The first-order chi connectivity index (χ1) is 7.65. The molecule has 1 aromatic carbocycles. The van der Waals surface area contributed by atoms with Gasteiger partial charge in [-0.05, 0) is 31.0 Å². The highest BCUT2D eigenvalue weighted by Crippen LogP contribution is 2.24. The lowest BCUT2D eigenvalue weighted by molar-refractivity contribution is 0.116. The molecule has 4 heteroatoms. The third-order valence-electron chi connectivity index (χ3n) is 2.94. The standard InChI is InChI=1S/C12H15ClFNO/c13-8-5-9(14)7-10(6-8)15-11-3-1-2-4-12(11)16/h5-7,11-12,15-16H,1-4H2/t11-,12-/m0/s1. The van der Waals surface area contributed by atoms with Gasteiger partial charge in [0.2, 0.25) is 0 Å². The van der Waals surface area contributed by atoms with Crippen LogP contribution >= 0.6 is 11.6 Å². The normalized spacial score (nSPS) is 25.4. The molecule has 0 amide bonds. The zero-order valence-electron chi connectivity index (χ0n) is 8.92. The largest absolute Gasteiger partial charge is 0.391 e. The van der Waals surface area contributed by atoms with Gasteiger partial charge < -0.3 is 10.4 Å². The van der Waals surface area contributed by atoms with E-state index in [0.717, 1.165) is 25.7 Å². The minimum Gasteiger partial charge on any atom is -0.391 e. The summed E-state index contributed by atoms with van der Waals surface area (Å²) in [7, 11) is 0. The predicted molar refractivity (Wildman–Crippen MR) is 63.3 cm³/mol. The van der Waals surface area contributed by atoms with Gasteiger partial charge in [-0.2, -0.15) is 0 Å². The van der Waals surface area contributed by atoms with E-state index in [1.807, 2.05) is 0 Å². The zero-order valence-corrected chi connectivity index (χ0v) is 9.67. The number of aliphatic hydroxyl groups excluding tert-OH is 1. The first-order valence-corrected chi connectivity index (χ1v) is 5.93. The van der Waals surface area contributed by atoms with Gasteiger partial charge in [0.25, 0.3) is 0 Å². The van der Waals surface area contributed by atoms with Crippen molar-refractivity contribution in [2.24, 2.45) is 0 Å². The fraction of sp³-hybridized carbons (Fsp3) is 0.500. The van der Waals surface area contributed by atoms with Crippen molar-refractivity contribution >= 4 is 17.3 Å². The number of halogens is 2. The topological polar surface area (TPSA) is 32.3 Å². The van der Waals surface area contributed by atoms with Crippen LogP contribution in [0.15, 0.2) is 18.2 Å². The van der Waals surface area contributed by atoms with Crippen LogP contribution in [0.2, 0.25) is 5.02 Å². The van der Waals surface area contributed by atoms with E-state index in [-0.39, 0.29) is 18.0 Å². The first-order valence-electron chi connectivity index (χ1n) is 5.56. The Hall–Kier alpha value is -0.800. The summed E-state index contributed by atoms with van der Waals surface area (Å²) in [5.41, 5.74) is 0.635. The molecule has 0 heterocycles. The van der Waals surface area contributed by atoms with Crippen molar-refractivity contribution in [3.8, 4) is 0 Å². The van der Waals surface area contributed by atoms with Gasteiger partial charge in [-0.15, -0.1) is 0 Å². The maximum absolute atomic E-state index is 13.1. The first kappa shape index (κ1) is 11.7. The molecule has 1 aliphatic rings. The lowest BCUT2D eigenvalue weighted by Crippen LogP contribution is -2.36. The molecule has 0 unspecified atom stereocenters. The van der Waals surface area contributed by atoms with E-state index < -0.39 is 0 Å². The highest BCUT2D eigenvalue weighted by Gasteiger charge is 2.22. The second-order valence-electron chi connectivity index (χ2n) is 4.26. The van der Waals surface area contributed by atoms with Crippen LogP contribution in [0.4, 0.5) is 10.1 Å². The molecule has 2 atom stereocenters. The Morgan fingerprint density at radius 2 is 2.00 bits per heavy atom. The molecule has 2 N–H and O–H groups in total. The second kappa shape index (κ2) is 5.02. The van der Waals surface area contributed by atoms with E-state index in [4.69, 9.17) is 11.6 Å². The van der Waals surface area contributed by atoms with E-state index in [2.05, 4.69) is 5.32 Å². The molecule has 0 spiro atoms. The zero-order chi connectivity index (χ0) is 11.5. The summed E-state index contributed by atoms with van der Waals surface area (Å²) >= 11 is 5.76. The fourth-order valence-corrected chi connectivity index (χ4v) is 2.35. The Kier molecular flexibility index (Phi) is 3.66. The van der Waals surface area contributed by atoms with Gasteiger partial charge in [0.1, 0.15) is 5.82 Å². The smallest absolute Gasteiger partial charge is 0.126 e. The molecule has 2 nitrogen and oxygen atoms in total. The number of rotatable bonds is 2. The molecule has 1 aliphatic carbocycles. The number of hydrogen-bond donors (Lipinski definition) is 2. The summed E-state index contributed by atoms with van der Waals surface area (Å²) < 4.78 is 13.1. The van der Waals surface area contributed by atoms with Gasteiger partial charge in [0.05, 0.1) is 12.1 Å². The maximum Gasteiger partial charge on any atom is 0.126 e. The average molecular weight is 244 g/mol. The maximum atomic E-state index is 13.1. The van der Waals surface area contributed by atoms with Gasteiger partial charge in [-0.3, -0.25) is 0 Å². The number of benzene rings is 1. The van der Waals surface area contributed by atoms with Gasteiger partial charge in [-0.25, -0.2) is 4.39 Å². The quantitative estimate of drug-likeness (QED) is 0.836. The summed E-state index contributed by atoms with van der Waals surface area (Å²) in [5, 5.41) is 13.3. The average Bonchev–Trinajstić information content (AvgIpc) is 2.20. The van der Waals surface area contributed by atoms with Gasteiger partial charge >= 0.3 is 0 Å². The van der Waals surface area contributed by atoms with E-state index in [0.29, 0.717) is 10.7 Å². The van der Waals surface area contributed by atoms with Crippen molar-refractivity contribution in [3.63, 3.8) is 0 Å². The molecule has 2 rings (SSSR count). The Bertz CT molecular complexity index is 352. The van der Waals surface area contributed by atoms with Crippen molar-refractivity contribution < 1.29 is 9.50 Å². The number of hydrogen-bond acceptors (Lipinski definition) is 2. The van der Waals surface area contributed by atoms with Gasteiger partial charge in [0, 0.05) is 10.7 Å². The molecule has 16 heavy (non-hydrogen) atoms. The number of anilines is 1. The van der Waals surface area contributed by atoms with Crippen molar-refractivity contribution in [3.05, 3.63) is 29.0 Å². The third kappa shape index (κ3) is 2.86. The second-order valence-corrected chi connectivity index (χ2v) is 4.70. The molecule has 1 aromatic rings. The predicted octanol–water partition coefficient (Wildman–Crippen LogP) is 3.19. The summed E-state index contributed by atoms with van der Waals surface area (Å²) in [5.74, 6) is -0.361. The van der Waals surface area contributed by atoms with Crippen LogP contribution in [0.5, 0.6) is 0 Å². The van der Waals surface area contributed by atoms with E-state index in [1.165, 1.54) is 12.1 Å². The molecule has 0 radical (unpaired) electrons. The van der Waals surface area contributed by atoms with Crippen LogP contribution in [-0.2, 0) is 0 Å². The van der Waals surface area contributed by atoms with Crippen molar-refractivity contribution in [2.75, 3.05) is 5.32 Å². The third-order valence-corrected chi connectivity index (χ3v) is 3.16. The SMILES string of the molecule is O[C@H]1CCCC[C@@H]1Nc1cc(F)cc(Cl)c1. The molecule has 0 aliphatic heterocycles. The van der Waals surface area contributed by atoms with Crippen LogP contribution in [0.25, 0.3) is 0 Å². The van der Waals surface area contributed by atoms with Crippen LogP contribution < -0.4 is 5.32 Å². The molecule has 0 aromatic heterocycles. The molecular formula is C12H15ClFNO. The minimum absolute atomic E-state index is 0.00613. The molecule has 0 saturated heterocycles. The minimum atomic E-state index is -0.361. The van der Waals surface area contributed by atoms with Crippen molar-refractivity contribution in [1.29, 1.82) is 0 Å². The lowest BCUT2D eigenvalue weighted by Gasteiger charge is -2.29. The Morgan fingerprint density at radius 3 is 2.69 bits per heavy atom.